The minimum Gasteiger partial charge on any atom is -0.251 e. The van der Waals surface area contributed by atoms with Crippen molar-refractivity contribution >= 4 is 59.2 Å². The standard InChI is InChI=1S/C24H24ClN3.2ClH.Fe/c1-15-9-6-10-16(2)23(15)26-18(4)21-13-8-14-22(28-21)19(5)27-24-17(3)11-7-12-20(24)25;;;/h6-14H,1-5H3;2*1H;. The van der Waals surface area contributed by atoms with E-state index in [0.717, 1.165) is 50.9 Å². The minimum absolute atomic E-state index is 0. The molecule has 166 valence electrons. The average molecular weight is 519 g/mol. The first kappa shape index (κ1) is 29.3. The third-order valence-corrected chi connectivity index (χ3v) is 4.98. The van der Waals surface area contributed by atoms with Crippen molar-refractivity contribution in [3.05, 3.63) is 87.7 Å². The predicted molar refractivity (Wildman–Crippen MR) is 135 cm³/mol. The van der Waals surface area contributed by atoms with Crippen LogP contribution in [0.5, 0.6) is 0 Å². The molecule has 31 heavy (non-hydrogen) atoms. The third-order valence-electron chi connectivity index (χ3n) is 4.68. The number of pyridine rings is 1. The zero-order valence-electron chi connectivity index (χ0n) is 18.1. The van der Waals surface area contributed by atoms with Gasteiger partial charge in [-0.2, -0.15) is 0 Å². The van der Waals surface area contributed by atoms with E-state index in [0.29, 0.717) is 5.02 Å². The van der Waals surface area contributed by atoms with Gasteiger partial charge in [0.15, 0.2) is 0 Å². The summed E-state index contributed by atoms with van der Waals surface area (Å²) < 4.78 is 0. The van der Waals surface area contributed by atoms with Crippen molar-refractivity contribution in [1.29, 1.82) is 0 Å². The summed E-state index contributed by atoms with van der Waals surface area (Å²) in [5.74, 6) is 0. The van der Waals surface area contributed by atoms with Gasteiger partial charge in [0.25, 0.3) is 0 Å². The molecule has 0 saturated heterocycles. The Bertz CT molecular complexity index is 972. The molecule has 3 aromatic rings. The molecule has 1 aromatic heterocycles. The molecule has 0 atom stereocenters. The molecule has 7 heteroatoms. The molecule has 2 aromatic carbocycles. The Hall–Kier alpha value is -1.68. The van der Waals surface area contributed by atoms with Crippen molar-refractivity contribution in [1.82, 2.24) is 4.98 Å². The summed E-state index contributed by atoms with van der Waals surface area (Å²) >= 11 is 6.32. The fourth-order valence-electron chi connectivity index (χ4n) is 3.03. The summed E-state index contributed by atoms with van der Waals surface area (Å²) in [6.45, 7) is 10.1. The van der Waals surface area contributed by atoms with Crippen LogP contribution < -0.4 is 0 Å². The first-order chi connectivity index (χ1) is 13.4. The third kappa shape index (κ3) is 7.17. The molecule has 3 rings (SSSR count). The predicted octanol–water partition coefficient (Wildman–Crippen LogP) is 7.78. The second-order valence-corrected chi connectivity index (χ2v) is 7.36. The molecule has 0 bridgehead atoms. The zero-order chi connectivity index (χ0) is 20.3. The van der Waals surface area contributed by atoms with Crippen LogP contribution in [0, 0.1) is 20.8 Å². The summed E-state index contributed by atoms with van der Waals surface area (Å²) in [6.07, 6.45) is 0. The van der Waals surface area contributed by atoms with Crippen LogP contribution in [0.2, 0.25) is 5.02 Å². The molecule has 3 nitrogen and oxygen atoms in total. The van der Waals surface area contributed by atoms with Crippen LogP contribution in [0.1, 0.15) is 41.9 Å². The van der Waals surface area contributed by atoms with Gasteiger partial charge < -0.3 is 0 Å². The van der Waals surface area contributed by atoms with Crippen LogP contribution in [0.3, 0.4) is 0 Å². The fraction of sp³-hybridized carbons (Fsp3) is 0.208. The number of aliphatic imine (C=N–C) groups is 2. The number of para-hydroxylation sites is 2. The van der Waals surface area contributed by atoms with Gasteiger partial charge in [0, 0.05) is 17.1 Å². The van der Waals surface area contributed by atoms with Gasteiger partial charge >= 0.3 is 0 Å². The molecule has 0 fully saturated rings. The molecular weight excluding hydrogens is 492 g/mol. The Kier molecular flexibility index (Phi) is 12.3. The van der Waals surface area contributed by atoms with E-state index in [1.807, 2.05) is 57.2 Å². The number of nitrogens with zero attached hydrogens (tertiary/aromatic N) is 3. The van der Waals surface area contributed by atoms with Crippen LogP contribution in [-0.4, -0.2) is 16.4 Å². The minimum atomic E-state index is 0. The van der Waals surface area contributed by atoms with Crippen molar-refractivity contribution in [3.8, 4) is 0 Å². The molecule has 0 saturated carbocycles. The second kappa shape index (κ2) is 13.0. The van der Waals surface area contributed by atoms with Gasteiger partial charge in [-0.1, -0.05) is 48.0 Å². The van der Waals surface area contributed by atoms with E-state index in [9.17, 15) is 0 Å². The van der Waals surface area contributed by atoms with Crippen molar-refractivity contribution < 1.29 is 17.1 Å². The van der Waals surface area contributed by atoms with Gasteiger partial charge in [0.05, 0.1) is 39.2 Å². The number of aryl methyl sites for hydroxylation is 3. The molecule has 0 aliphatic rings. The summed E-state index contributed by atoms with van der Waals surface area (Å²) in [7, 11) is 0. The Morgan fingerprint density at radius 2 is 1.06 bits per heavy atom. The number of benzene rings is 2. The first-order valence-corrected chi connectivity index (χ1v) is 9.64. The number of hydrogen-bond acceptors (Lipinski definition) is 3. The molecule has 0 aliphatic heterocycles. The van der Waals surface area contributed by atoms with Crippen molar-refractivity contribution in [2.75, 3.05) is 0 Å². The topological polar surface area (TPSA) is 37.6 Å². The molecule has 0 aliphatic carbocycles. The zero-order valence-corrected chi connectivity index (χ0v) is 21.6. The van der Waals surface area contributed by atoms with E-state index in [-0.39, 0.29) is 41.9 Å². The van der Waals surface area contributed by atoms with E-state index in [2.05, 4.69) is 32.0 Å². The smallest absolute Gasteiger partial charge is 0.0849 e. The van der Waals surface area contributed by atoms with Gasteiger partial charge in [-0.25, -0.2) is 9.98 Å². The van der Waals surface area contributed by atoms with Crippen molar-refractivity contribution in [3.63, 3.8) is 0 Å². The largest absolute Gasteiger partial charge is 0.251 e. The monoisotopic (exact) mass is 517 g/mol. The Labute approximate surface area is 212 Å². The van der Waals surface area contributed by atoms with E-state index in [1.165, 1.54) is 0 Å². The van der Waals surface area contributed by atoms with E-state index < -0.39 is 0 Å². The van der Waals surface area contributed by atoms with Gasteiger partial charge in [-0.05, 0) is 69.5 Å². The normalized spacial score (nSPS) is 11.2. The Morgan fingerprint density at radius 3 is 1.55 bits per heavy atom. The summed E-state index contributed by atoms with van der Waals surface area (Å²) in [5, 5.41) is 0.642. The van der Waals surface area contributed by atoms with Gasteiger partial charge in [0.1, 0.15) is 0 Å². The van der Waals surface area contributed by atoms with Gasteiger partial charge in [-0.15, -0.1) is 24.8 Å². The molecule has 1 heterocycles. The van der Waals surface area contributed by atoms with Gasteiger partial charge in [0.2, 0.25) is 0 Å². The molecule has 0 radical (unpaired) electrons. The summed E-state index contributed by atoms with van der Waals surface area (Å²) in [6, 6.07) is 17.9. The number of aromatic nitrogens is 1. The maximum absolute atomic E-state index is 6.32. The van der Waals surface area contributed by atoms with Crippen LogP contribution >= 0.6 is 36.4 Å². The maximum atomic E-state index is 6.32. The SMILES string of the molecule is CC(=Nc1c(C)cccc1C)c1cccc(C(C)=Nc2c(C)cccc2Cl)n1.Cl.Cl.[Fe]. The molecule has 0 N–H and O–H groups in total. The van der Waals surface area contributed by atoms with Crippen LogP contribution in [-0.2, 0) is 17.1 Å². The van der Waals surface area contributed by atoms with Crippen LogP contribution in [0.15, 0.2) is 64.6 Å². The number of halogens is 3. The number of hydrogen-bond donors (Lipinski definition) is 0. The molecular formula is C24H26Cl3FeN3. The van der Waals surface area contributed by atoms with E-state index >= 15 is 0 Å². The summed E-state index contributed by atoms with van der Waals surface area (Å²) in [4.78, 5) is 14.3. The Morgan fingerprint density at radius 1 is 0.677 bits per heavy atom. The van der Waals surface area contributed by atoms with Crippen molar-refractivity contribution in [2.45, 2.75) is 34.6 Å². The maximum Gasteiger partial charge on any atom is 0.0849 e. The van der Waals surface area contributed by atoms with Crippen molar-refractivity contribution in [2.24, 2.45) is 9.98 Å². The van der Waals surface area contributed by atoms with E-state index in [1.54, 1.807) is 0 Å². The average Bonchev–Trinajstić information content (AvgIpc) is 2.67. The second-order valence-electron chi connectivity index (χ2n) is 6.95. The molecule has 0 spiro atoms. The van der Waals surface area contributed by atoms with Gasteiger partial charge in [-0.3, -0.25) is 4.99 Å². The Balaban J connectivity index is 0.00000300. The summed E-state index contributed by atoms with van der Waals surface area (Å²) in [5.41, 5.74) is 8.48. The van der Waals surface area contributed by atoms with Crippen LogP contribution in [0.4, 0.5) is 11.4 Å². The van der Waals surface area contributed by atoms with E-state index in [4.69, 9.17) is 26.6 Å². The quantitative estimate of drug-likeness (QED) is 0.257. The molecule has 0 unspecified atom stereocenters. The van der Waals surface area contributed by atoms with Crippen LogP contribution in [0.25, 0.3) is 0 Å². The first-order valence-electron chi connectivity index (χ1n) is 9.26. The fourth-order valence-corrected chi connectivity index (χ4v) is 3.30. The molecule has 0 amide bonds. The number of rotatable bonds is 4.